The van der Waals surface area contributed by atoms with E-state index in [9.17, 15) is 0 Å². The van der Waals surface area contributed by atoms with Gasteiger partial charge >= 0.3 is 0 Å². The minimum absolute atomic E-state index is 0. The number of hydrogen-bond donors (Lipinski definition) is 0. The molecule has 2 aromatic carbocycles. The molecule has 2 spiro atoms. The molecule has 11 aliphatic rings. The van der Waals surface area contributed by atoms with Crippen LogP contribution < -0.4 is 34.6 Å². The quantitative estimate of drug-likeness (QED) is 0.323. The molecule has 0 amide bonds. The van der Waals surface area contributed by atoms with Crippen LogP contribution in [-0.4, -0.2) is 99.1 Å². The van der Waals surface area contributed by atoms with E-state index in [4.69, 9.17) is 9.47 Å². The molecular weight excluding hydrogens is 639 g/mol. The molecular formula is C40H50Cl2N4O2. The molecule has 4 bridgehead atoms. The van der Waals surface area contributed by atoms with Crippen molar-refractivity contribution in [3.8, 4) is 0 Å². The Morgan fingerprint density at radius 1 is 0.646 bits per heavy atom. The van der Waals surface area contributed by atoms with Crippen molar-refractivity contribution in [3.05, 3.63) is 59.7 Å². The molecule has 2 unspecified atom stereocenters. The maximum atomic E-state index is 7.53. The number of anilines is 2. The van der Waals surface area contributed by atoms with Crippen LogP contribution in [-0.2, 0) is 20.3 Å². The van der Waals surface area contributed by atoms with Gasteiger partial charge < -0.3 is 53.1 Å². The van der Waals surface area contributed by atoms with Crippen molar-refractivity contribution in [3.63, 3.8) is 0 Å². The maximum Gasteiger partial charge on any atom is 0.135 e. The third-order valence-corrected chi connectivity index (χ3v) is 17.8. The fourth-order valence-electron chi connectivity index (χ4n) is 16.7. The second-order valence-corrected chi connectivity index (χ2v) is 18.7. The van der Waals surface area contributed by atoms with Gasteiger partial charge in [0, 0.05) is 73.9 Å². The molecule has 2 aliphatic carbocycles. The molecule has 0 aromatic heterocycles. The van der Waals surface area contributed by atoms with Gasteiger partial charge in [0.25, 0.3) is 0 Å². The van der Waals surface area contributed by atoms with E-state index < -0.39 is 0 Å². The second kappa shape index (κ2) is 9.27. The molecule has 9 heterocycles. The second-order valence-electron chi connectivity index (χ2n) is 18.7. The summed E-state index contributed by atoms with van der Waals surface area (Å²) >= 11 is 0. The maximum absolute atomic E-state index is 7.53. The first kappa shape index (κ1) is 30.1. The minimum atomic E-state index is 0. The average Bonchev–Trinajstić information content (AvgIpc) is 3.66. The third-order valence-electron chi connectivity index (χ3n) is 17.8. The molecule has 0 radical (unpaired) electrons. The van der Waals surface area contributed by atoms with Crippen molar-refractivity contribution in [2.24, 2.45) is 35.5 Å². The summed E-state index contributed by atoms with van der Waals surface area (Å²) in [7, 11) is 5.30. The summed E-state index contributed by atoms with van der Waals surface area (Å²) in [6, 6.07) is 22.0. The number of hydrogen-bond acceptors (Lipinski definition) is 4. The molecule has 8 heteroatoms. The summed E-state index contributed by atoms with van der Waals surface area (Å²) in [5, 5.41) is 0. The van der Waals surface area contributed by atoms with Crippen LogP contribution in [0.25, 0.3) is 0 Å². The average molecular weight is 690 g/mol. The minimum Gasteiger partial charge on any atom is -1.00 e. The van der Waals surface area contributed by atoms with Crippen molar-refractivity contribution < 1.29 is 43.3 Å². The summed E-state index contributed by atoms with van der Waals surface area (Å²) < 4.78 is 17.6. The van der Waals surface area contributed by atoms with Gasteiger partial charge in [-0.25, -0.2) is 0 Å². The van der Waals surface area contributed by atoms with E-state index in [0.29, 0.717) is 36.0 Å². The number of benzene rings is 2. The van der Waals surface area contributed by atoms with Crippen LogP contribution >= 0.6 is 0 Å². The lowest BCUT2D eigenvalue weighted by Crippen LogP contribution is -3.00. The van der Waals surface area contributed by atoms with Gasteiger partial charge in [0.15, 0.2) is 0 Å². The molecule has 2 saturated carbocycles. The first-order valence-corrected chi connectivity index (χ1v) is 19.2. The molecule has 6 nitrogen and oxygen atoms in total. The van der Waals surface area contributed by atoms with Crippen LogP contribution in [0.15, 0.2) is 48.5 Å². The Labute approximate surface area is 298 Å². The summed E-state index contributed by atoms with van der Waals surface area (Å²) in [5.41, 5.74) is 6.81. The van der Waals surface area contributed by atoms with Gasteiger partial charge in [-0.1, -0.05) is 36.4 Å². The van der Waals surface area contributed by atoms with E-state index in [1.807, 2.05) is 0 Å². The van der Waals surface area contributed by atoms with E-state index in [1.165, 1.54) is 73.7 Å². The zero-order chi connectivity index (χ0) is 29.9. The molecule has 9 aliphatic heterocycles. The van der Waals surface area contributed by atoms with Crippen LogP contribution in [0.5, 0.6) is 0 Å². The van der Waals surface area contributed by atoms with Crippen molar-refractivity contribution in [1.82, 2.24) is 0 Å². The molecule has 48 heavy (non-hydrogen) atoms. The number of nitrogens with zero attached hydrogens (tertiary/aromatic N) is 4. The van der Waals surface area contributed by atoms with Gasteiger partial charge in [-0.05, 0) is 47.9 Å². The lowest BCUT2D eigenvalue weighted by molar-refractivity contribution is -0.935. The highest BCUT2D eigenvalue weighted by atomic mass is 35.5. The predicted octanol–water partition coefficient (Wildman–Crippen LogP) is -1.28. The molecule has 7 saturated heterocycles. The fraction of sp³-hybridized carbons (Fsp3) is 0.700. The van der Waals surface area contributed by atoms with Gasteiger partial charge in [-0.2, -0.15) is 0 Å². The Kier molecular flexibility index (Phi) is 5.82. The topological polar surface area (TPSA) is 24.9 Å². The molecule has 9 fully saturated rings. The van der Waals surface area contributed by atoms with Gasteiger partial charge in [0.2, 0.25) is 0 Å². The summed E-state index contributed by atoms with van der Waals surface area (Å²) in [6.45, 7) is 7.22. The Hall–Kier alpha value is -1.54. The largest absolute Gasteiger partial charge is 1.00 e. The number of quaternary nitrogens is 2. The van der Waals surface area contributed by atoms with Gasteiger partial charge in [0.05, 0.1) is 63.2 Å². The van der Waals surface area contributed by atoms with Crippen LogP contribution in [0, 0.1) is 35.5 Å². The molecule has 256 valence electrons. The van der Waals surface area contributed by atoms with Crippen molar-refractivity contribution >= 4 is 11.4 Å². The third kappa shape index (κ3) is 2.96. The Morgan fingerprint density at radius 3 is 1.54 bits per heavy atom. The number of likely N-dealkylation sites (N-methyl/N-ethyl adjacent to an activating group) is 2. The van der Waals surface area contributed by atoms with Crippen LogP contribution in [0.4, 0.5) is 11.4 Å². The SMILES string of the molecule is C[N+]12CC[C@@]34c5ccccc5N5[C@@H]6OCC[C@@H]7C[N+]8(C)CC[C@]9%10c%11ccccc%11N([C@@H]%11OCC[C@H](C1)[C@H](C[C@@H]32)[C@@H]%11[C@H]54)[C@H]9[C@H]6[C@H]7C[C@@H]%108.[Cl-].[Cl-]. The van der Waals surface area contributed by atoms with Gasteiger partial charge in [-0.3, -0.25) is 0 Å². The molecule has 16 atom stereocenters. The number of rotatable bonds is 0. The zero-order valence-corrected chi connectivity index (χ0v) is 29.9. The summed E-state index contributed by atoms with van der Waals surface area (Å²) in [6.07, 6.45) is 8.18. The Bertz CT molecular complexity index is 1600. The highest BCUT2D eigenvalue weighted by molar-refractivity contribution is 5.71. The number of piperidine rings is 2. The highest BCUT2D eigenvalue weighted by Crippen LogP contribution is 2.72. The first-order chi connectivity index (χ1) is 22.5. The molecule has 2 aromatic rings. The first-order valence-electron chi connectivity index (χ1n) is 19.2. The number of para-hydroxylation sites is 2. The van der Waals surface area contributed by atoms with Crippen molar-refractivity contribution in [1.29, 1.82) is 0 Å². The monoisotopic (exact) mass is 688 g/mol. The number of ether oxygens (including phenoxy) is 2. The Morgan fingerprint density at radius 2 is 1.08 bits per heavy atom. The summed E-state index contributed by atoms with van der Waals surface area (Å²) in [5.74, 6) is 3.97. The normalized spacial score (nSPS) is 54.5. The fourth-order valence-corrected chi connectivity index (χ4v) is 16.7. The highest BCUT2D eigenvalue weighted by Gasteiger charge is 2.80. The molecule has 0 N–H and O–H groups in total. The van der Waals surface area contributed by atoms with Crippen molar-refractivity contribution in [2.75, 3.05) is 63.3 Å². The van der Waals surface area contributed by atoms with Crippen LogP contribution in [0.1, 0.15) is 49.7 Å². The van der Waals surface area contributed by atoms with E-state index in [1.54, 1.807) is 22.5 Å². The Balaban J connectivity index is 0.00000140. The van der Waals surface area contributed by atoms with E-state index in [0.717, 1.165) is 36.9 Å². The molecule has 13 rings (SSSR count). The smallest absolute Gasteiger partial charge is 0.135 e. The van der Waals surface area contributed by atoms with Crippen molar-refractivity contribution in [2.45, 2.75) is 86.0 Å². The van der Waals surface area contributed by atoms with E-state index >= 15 is 0 Å². The number of fused-ring (bicyclic) bond motifs is 6. The van der Waals surface area contributed by atoms with E-state index in [-0.39, 0.29) is 48.1 Å². The summed E-state index contributed by atoms with van der Waals surface area (Å²) in [4.78, 5) is 6.08. The predicted molar refractivity (Wildman–Crippen MR) is 176 cm³/mol. The standard InChI is InChI=1S/C40H50N4O2.2ClH/c1-43-15-13-39-27-7-3-5-9-29(27)41-35(39)33-25(19-31(39)43)23(21-43)11-17-45-37(33)42-30-10-6-4-8-28(30)40-14-16-44(2)22-24-12-18-46-38(41)34(36(40)42)26(24)20-32(40)44;;/h3-10,23-26,31-38H,11-22H2,1-2H3;2*1H/q+2;;/p-2/t23-,24-,25+,26+,31+,32+,33-,34-,35+,36+,37-,38-,39-,40-,43?,44?;;/m1../s1. The van der Waals surface area contributed by atoms with Gasteiger partial charge in [-0.15, -0.1) is 0 Å². The van der Waals surface area contributed by atoms with Crippen LogP contribution in [0.3, 0.4) is 0 Å². The van der Waals surface area contributed by atoms with E-state index in [2.05, 4.69) is 72.4 Å². The van der Waals surface area contributed by atoms with Gasteiger partial charge in [0.1, 0.15) is 24.5 Å². The van der Waals surface area contributed by atoms with Crippen LogP contribution in [0.2, 0.25) is 0 Å². The zero-order valence-electron chi connectivity index (χ0n) is 28.4. The number of halogens is 2. The lowest BCUT2D eigenvalue weighted by atomic mass is 9.51. The lowest BCUT2D eigenvalue weighted by Gasteiger charge is -2.65.